The normalized spacial score (nSPS) is 9.91. The van der Waals surface area contributed by atoms with Gasteiger partial charge in [-0.1, -0.05) is 29.3 Å². The molecule has 0 unspecified atom stereocenters. The van der Waals surface area contributed by atoms with Crippen LogP contribution in [0.5, 0.6) is 11.5 Å². The average molecular weight is 336 g/mol. The third-order valence-electron chi connectivity index (χ3n) is 2.69. The van der Waals surface area contributed by atoms with Crippen LogP contribution in [0.4, 0.5) is 0 Å². The smallest absolute Gasteiger partial charge is 0.343 e. The largest absolute Gasteiger partial charge is 0.490 e. The molecule has 0 amide bonds. The number of rotatable bonds is 4. The van der Waals surface area contributed by atoms with Crippen molar-refractivity contribution in [1.29, 1.82) is 5.26 Å². The van der Waals surface area contributed by atoms with Crippen LogP contribution in [0.3, 0.4) is 0 Å². The molecule has 112 valence electrons. The first-order chi connectivity index (χ1) is 10.5. The van der Waals surface area contributed by atoms with Gasteiger partial charge < -0.3 is 9.47 Å². The predicted molar refractivity (Wildman–Crippen MR) is 83.7 cm³/mol. The Hall–Kier alpha value is -2.22. The van der Waals surface area contributed by atoms with Gasteiger partial charge in [-0.15, -0.1) is 0 Å². The van der Waals surface area contributed by atoms with E-state index in [-0.39, 0.29) is 22.1 Å². The highest BCUT2D eigenvalue weighted by atomic mass is 35.5. The Morgan fingerprint density at radius 1 is 1.27 bits per heavy atom. The molecule has 0 aliphatic heterocycles. The first kappa shape index (κ1) is 16.2. The molecule has 0 heterocycles. The van der Waals surface area contributed by atoms with E-state index >= 15 is 0 Å². The highest BCUT2D eigenvalue weighted by molar-refractivity contribution is 6.32. The van der Waals surface area contributed by atoms with Crippen molar-refractivity contribution in [3.63, 3.8) is 0 Å². The summed E-state index contributed by atoms with van der Waals surface area (Å²) in [5.41, 5.74) is 0.603. The van der Waals surface area contributed by atoms with Crippen molar-refractivity contribution >= 4 is 29.2 Å². The monoisotopic (exact) mass is 335 g/mol. The van der Waals surface area contributed by atoms with E-state index in [4.69, 9.17) is 37.9 Å². The van der Waals surface area contributed by atoms with Crippen molar-refractivity contribution in [2.75, 3.05) is 6.61 Å². The van der Waals surface area contributed by atoms with E-state index < -0.39 is 5.97 Å². The molecular formula is C16H11Cl2NO3. The first-order valence-electron chi connectivity index (χ1n) is 6.39. The molecule has 0 spiro atoms. The van der Waals surface area contributed by atoms with Gasteiger partial charge in [0.2, 0.25) is 0 Å². The minimum atomic E-state index is -0.616. The van der Waals surface area contributed by atoms with Crippen LogP contribution in [-0.2, 0) is 0 Å². The van der Waals surface area contributed by atoms with Gasteiger partial charge >= 0.3 is 5.97 Å². The summed E-state index contributed by atoms with van der Waals surface area (Å²) in [6.45, 7) is 2.11. The van der Waals surface area contributed by atoms with E-state index in [1.807, 2.05) is 6.07 Å². The van der Waals surface area contributed by atoms with E-state index in [0.29, 0.717) is 17.2 Å². The molecule has 0 fully saturated rings. The minimum absolute atomic E-state index is 0.0764. The van der Waals surface area contributed by atoms with Crippen LogP contribution in [0.15, 0.2) is 36.4 Å². The van der Waals surface area contributed by atoms with E-state index in [0.717, 1.165) is 0 Å². The van der Waals surface area contributed by atoms with Crippen LogP contribution >= 0.6 is 23.2 Å². The molecule has 6 heteroatoms. The molecule has 2 aromatic carbocycles. The third kappa shape index (κ3) is 3.70. The standard InChI is InChI=1S/C16H11Cl2NO3/c1-2-21-14-7-10(9-19)6-13(18)15(14)22-16(20)11-4-3-5-12(17)8-11/h3-8H,2H2,1H3. The van der Waals surface area contributed by atoms with Crippen molar-refractivity contribution in [2.24, 2.45) is 0 Å². The zero-order valence-electron chi connectivity index (χ0n) is 11.6. The van der Waals surface area contributed by atoms with Gasteiger partial charge in [-0.3, -0.25) is 0 Å². The van der Waals surface area contributed by atoms with E-state index in [1.165, 1.54) is 18.2 Å². The number of hydrogen-bond acceptors (Lipinski definition) is 4. The lowest BCUT2D eigenvalue weighted by molar-refractivity contribution is 0.0728. The van der Waals surface area contributed by atoms with Crippen LogP contribution in [0, 0.1) is 11.3 Å². The SMILES string of the molecule is CCOc1cc(C#N)cc(Cl)c1OC(=O)c1cccc(Cl)c1. The molecule has 0 saturated heterocycles. The van der Waals surface area contributed by atoms with Crippen LogP contribution in [0.1, 0.15) is 22.8 Å². The molecule has 0 radical (unpaired) electrons. The van der Waals surface area contributed by atoms with E-state index in [2.05, 4.69) is 0 Å². The fraction of sp³-hybridized carbons (Fsp3) is 0.125. The van der Waals surface area contributed by atoms with Gasteiger partial charge in [-0.25, -0.2) is 4.79 Å². The van der Waals surface area contributed by atoms with Crippen molar-refractivity contribution < 1.29 is 14.3 Å². The number of benzene rings is 2. The Balaban J connectivity index is 2.36. The number of ether oxygens (including phenoxy) is 2. The maximum Gasteiger partial charge on any atom is 0.343 e. The van der Waals surface area contributed by atoms with Gasteiger partial charge in [0, 0.05) is 11.1 Å². The summed E-state index contributed by atoms with van der Waals surface area (Å²) in [4.78, 5) is 12.2. The molecule has 0 saturated carbocycles. The summed E-state index contributed by atoms with van der Waals surface area (Å²) in [5.74, 6) is -0.301. The lowest BCUT2D eigenvalue weighted by Crippen LogP contribution is -2.10. The number of nitriles is 1. The molecule has 0 aliphatic rings. The molecule has 0 bridgehead atoms. The summed E-state index contributed by atoms with van der Waals surface area (Å²) in [5, 5.41) is 9.49. The Labute approximate surface area is 137 Å². The van der Waals surface area contributed by atoms with Crippen LogP contribution in [-0.4, -0.2) is 12.6 Å². The topological polar surface area (TPSA) is 59.3 Å². The number of nitrogens with zero attached hydrogens (tertiary/aromatic N) is 1. The maximum atomic E-state index is 12.2. The van der Waals surface area contributed by atoms with Gasteiger partial charge in [-0.2, -0.15) is 5.26 Å². The van der Waals surface area contributed by atoms with E-state index in [9.17, 15) is 4.79 Å². The van der Waals surface area contributed by atoms with Gasteiger partial charge in [0.05, 0.1) is 28.8 Å². The number of hydrogen-bond donors (Lipinski definition) is 0. The van der Waals surface area contributed by atoms with Crippen LogP contribution in [0.25, 0.3) is 0 Å². The zero-order valence-corrected chi connectivity index (χ0v) is 13.1. The summed E-state index contributed by atoms with van der Waals surface area (Å²) < 4.78 is 10.7. The molecule has 4 nitrogen and oxygen atoms in total. The lowest BCUT2D eigenvalue weighted by atomic mass is 10.2. The molecule has 0 N–H and O–H groups in total. The quantitative estimate of drug-likeness (QED) is 0.610. The molecule has 2 aromatic rings. The third-order valence-corrected chi connectivity index (χ3v) is 3.21. The van der Waals surface area contributed by atoms with Crippen LogP contribution < -0.4 is 9.47 Å². The maximum absolute atomic E-state index is 12.2. The van der Waals surface area contributed by atoms with Crippen molar-refractivity contribution in [3.8, 4) is 17.6 Å². The Morgan fingerprint density at radius 3 is 2.68 bits per heavy atom. The second-order valence-corrected chi connectivity index (χ2v) is 5.07. The second-order valence-electron chi connectivity index (χ2n) is 4.23. The highest BCUT2D eigenvalue weighted by Crippen LogP contribution is 2.37. The fourth-order valence-corrected chi connectivity index (χ4v) is 2.20. The van der Waals surface area contributed by atoms with E-state index in [1.54, 1.807) is 25.1 Å². The van der Waals surface area contributed by atoms with Crippen molar-refractivity contribution in [3.05, 3.63) is 57.6 Å². The highest BCUT2D eigenvalue weighted by Gasteiger charge is 2.17. The molecule has 0 atom stereocenters. The first-order valence-corrected chi connectivity index (χ1v) is 7.15. The van der Waals surface area contributed by atoms with Gasteiger partial charge in [0.1, 0.15) is 0 Å². The van der Waals surface area contributed by atoms with Gasteiger partial charge in [-0.05, 0) is 31.2 Å². The van der Waals surface area contributed by atoms with Crippen LogP contribution in [0.2, 0.25) is 10.0 Å². The van der Waals surface area contributed by atoms with Gasteiger partial charge in [0.25, 0.3) is 0 Å². The predicted octanol–water partition coefficient (Wildman–Crippen LogP) is 4.48. The Kier molecular flexibility index (Phi) is 5.26. The summed E-state index contributed by atoms with van der Waals surface area (Å²) in [7, 11) is 0. The summed E-state index contributed by atoms with van der Waals surface area (Å²) in [6, 6.07) is 11.2. The molecule has 0 aromatic heterocycles. The zero-order chi connectivity index (χ0) is 16.1. The molecule has 22 heavy (non-hydrogen) atoms. The van der Waals surface area contributed by atoms with Gasteiger partial charge in [0.15, 0.2) is 11.5 Å². The second kappa shape index (κ2) is 7.17. The molecule has 0 aliphatic carbocycles. The Morgan fingerprint density at radius 2 is 2.05 bits per heavy atom. The summed E-state index contributed by atoms with van der Waals surface area (Å²) >= 11 is 11.9. The number of halogens is 2. The summed E-state index contributed by atoms with van der Waals surface area (Å²) in [6.07, 6.45) is 0. The van der Waals surface area contributed by atoms with Crippen molar-refractivity contribution in [1.82, 2.24) is 0 Å². The Bertz CT molecular complexity index is 754. The minimum Gasteiger partial charge on any atom is -0.490 e. The fourth-order valence-electron chi connectivity index (χ4n) is 1.76. The van der Waals surface area contributed by atoms with Crippen molar-refractivity contribution in [2.45, 2.75) is 6.92 Å². The number of carbonyl (C=O) groups is 1. The lowest BCUT2D eigenvalue weighted by Gasteiger charge is -2.12. The molecular weight excluding hydrogens is 325 g/mol. The number of esters is 1. The number of carbonyl (C=O) groups excluding carboxylic acids is 1. The average Bonchev–Trinajstić information content (AvgIpc) is 2.50. The molecule has 2 rings (SSSR count).